The van der Waals surface area contributed by atoms with Crippen molar-refractivity contribution in [2.75, 3.05) is 0 Å². The third-order valence-corrected chi connectivity index (χ3v) is 3.02. The molecular formula is C6H4BrN3OS. The van der Waals surface area contributed by atoms with Gasteiger partial charge in [-0.25, -0.2) is 4.52 Å². The van der Waals surface area contributed by atoms with Gasteiger partial charge in [0.25, 0.3) is 5.91 Å². The van der Waals surface area contributed by atoms with Gasteiger partial charge in [-0.1, -0.05) is 0 Å². The Morgan fingerprint density at radius 1 is 1.75 bits per heavy atom. The Morgan fingerprint density at radius 3 is 3.17 bits per heavy atom. The summed E-state index contributed by atoms with van der Waals surface area (Å²) in [7, 11) is 0. The second-order valence-corrected chi connectivity index (χ2v) is 4.62. The van der Waals surface area contributed by atoms with Gasteiger partial charge in [-0.3, -0.25) is 4.79 Å². The molecule has 0 spiro atoms. The Bertz CT molecular complexity index is 447. The number of aromatic nitrogens is 2. The lowest BCUT2D eigenvalue weighted by molar-refractivity contribution is 0.100. The third kappa shape index (κ3) is 1.03. The number of hydrogen-bond acceptors (Lipinski definition) is 3. The number of nitrogens with two attached hydrogens (primary N) is 1. The minimum Gasteiger partial charge on any atom is -0.365 e. The van der Waals surface area contributed by atoms with Gasteiger partial charge in [-0.15, -0.1) is 11.3 Å². The molecule has 0 aliphatic rings. The van der Waals surface area contributed by atoms with E-state index in [-0.39, 0.29) is 0 Å². The number of fused-ring (bicyclic) bond motifs is 1. The van der Waals surface area contributed by atoms with E-state index >= 15 is 0 Å². The highest BCUT2D eigenvalue weighted by Gasteiger charge is 2.11. The molecule has 2 N–H and O–H groups in total. The summed E-state index contributed by atoms with van der Waals surface area (Å²) in [5.74, 6) is -0.445. The smallest absolute Gasteiger partial charge is 0.253 e. The van der Waals surface area contributed by atoms with E-state index in [0.29, 0.717) is 5.56 Å². The Balaban J connectivity index is 2.76. The van der Waals surface area contributed by atoms with Gasteiger partial charge < -0.3 is 5.73 Å². The summed E-state index contributed by atoms with van der Waals surface area (Å²) in [5.41, 5.74) is 5.60. The topological polar surface area (TPSA) is 60.4 Å². The van der Waals surface area contributed by atoms with Crippen LogP contribution in [0.15, 0.2) is 16.2 Å². The molecule has 2 rings (SSSR count). The van der Waals surface area contributed by atoms with Crippen LogP contribution in [-0.2, 0) is 0 Å². The molecular weight excluding hydrogens is 242 g/mol. The molecule has 2 heterocycles. The van der Waals surface area contributed by atoms with Crippen molar-refractivity contribution in [3.63, 3.8) is 0 Å². The first-order chi connectivity index (χ1) is 5.68. The van der Waals surface area contributed by atoms with Gasteiger partial charge in [0.2, 0.25) is 0 Å². The molecule has 6 heteroatoms. The molecule has 0 bridgehead atoms. The molecule has 0 saturated carbocycles. The van der Waals surface area contributed by atoms with Gasteiger partial charge in [0.1, 0.15) is 4.83 Å². The zero-order valence-electron chi connectivity index (χ0n) is 5.82. The number of carbonyl (C=O) groups excluding carboxylic acids is 1. The van der Waals surface area contributed by atoms with Crippen molar-refractivity contribution in [1.82, 2.24) is 9.61 Å². The number of carbonyl (C=O) groups is 1. The standard InChI is InChI=1S/C6H4BrN3OS/c7-4-2-10-6(12-4)3(1-9-10)5(8)11/h1-2H,(H2,8,11). The number of primary amides is 1. The SMILES string of the molecule is NC(=O)c1cnn2cc(Br)sc12. The van der Waals surface area contributed by atoms with E-state index < -0.39 is 5.91 Å². The van der Waals surface area contributed by atoms with Gasteiger partial charge in [0.15, 0.2) is 0 Å². The third-order valence-electron chi connectivity index (χ3n) is 1.43. The van der Waals surface area contributed by atoms with Crippen LogP contribution in [0.2, 0.25) is 0 Å². The summed E-state index contributed by atoms with van der Waals surface area (Å²) in [6.45, 7) is 0. The second-order valence-electron chi connectivity index (χ2n) is 2.21. The van der Waals surface area contributed by atoms with Crippen LogP contribution in [0.1, 0.15) is 10.4 Å². The first kappa shape index (κ1) is 7.75. The molecule has 2 aromatic heterocycles. The molecule has 0 aromatic carbocycles. The maximum absolute atomic E-state index is 10.8. The van der Waals surface area contributed by atoms with Crippen LogP contribution in [0.3, 0.4) is 0 Å². The van der Waals surface area contributed by atoms with E-state index in [2.05, 4.69) is 21.0 Å². The summed E-state index contributed by atoms with van der Waals surface area (Å²) in [6.07, 6.45) is 3.26. The molecule has 0 saturated heterocycles. The lowest BCUT2D eigenvalue weighted by Crippen LogP contribution is -2.09. The van der Waals surface area contributed by atoms with Gasteiger partial charge in [0, 0.05) is 0 Å². The van der Waals surface area contributed by atoms with Crippen molar-refractivity contribution in [1.29, 1.82) is 0 Å². The summed E-state index contributed by atoms with van der Waals surface area (Å²) in [5, 5.41) is 3.96. The number of rotatable bonds is 1. The van der Waals surface area contributed by atoms with E-state index in [4.69, 9.17) is 5.73 Å². The average molecular weight is 246 g/mol. The number of hydrogen-bond donors (Lipinski definition) is 1. The van der Waals surface area contributed by atoms with Crippen LogP contribution in [0, 0.1) is 0 Å². The minimum absolute atomic E-state index is 0.445. The largest absolute Gasteiger partial charge is 0.365 e. The van der Waals surface area contributed by atoms with E-state index in [1.807, 2.05) is 0 Å². The second kappa shape index (κ2) is 2.56. The Morgan fingerprint density at radius 2 is 2.50 bits per heavy atom. The fourth-order valence-electron chi connectivity index (χ4n) is 0.929. The number of amides is 1. The van der Waals surface area contributed by atoms with Gasteiger partial charge in [-0.05, 0) is 15.9 Å². The van der Waals surface area contributed by atoms with Crippen LogP contribution in [0.25, 0.3) is 4.83 Å². The number of nitrogens with zero attached hydrogens (tertiary/aromatic N) is 2. The predicted octanol–water partition coefficient (Wildman–Crippen LogP) is 1.26. The highest BCUT2D eigenvalue weighted by Crippen LogP contribution is 2.25. The normalized spacial score (nSPS) is 10.8. The molecule has 0 unspecified atom stereocenters. The summed E-state index contributed by atoms with van der Waals surface area (Å²) >= 11 is 4.72. The molecule has 12 heavy (non-hydrogen) atoms. The first-order valence-electron chi connectivity index (χ1n) is 3.11. The predicted molar refractivity (Wildman–Crippen MR) is 49.3 cm³/mol. The van der Waals surface area contributed by atoms with Gasteiger partial charge in [-0.2, -0.15) is 5.10 Å². The van der Waals surface area contributed by atoms with Crippen molar-refractivity contribution in [3.05, 3.63) is 21.7 Å². The quantitative estimate of drug-likeness (QED) is 0.823. The van der Waals surface area contributed by atoms with Crippen LogP contribution < -0.4 is 5.73 Å². The lowest BCUT2D eigenvalue weighted by Gasteiger charge is -1.84. The Hall–Kier alpha value is -0.880. The van der Waals surface area contributed by atoms with Crippen LogP contribution in [-0.4, -0.2) is 15.5 Å². The molecule has 4 nitrogen and oxygen atoms in total. The molecule has 0 fully saturated rings. The van der Waals surface area contributed by atoms with Gasteiger partial charge in [0.05, 0.1) is 21.7 Å². The zero-order chi connectivity index (χ0) is 8.72. The Kier molecular flexibility index (Phi) is 1.66. The maximum Gasteiger partial charge on any atom is 0.253 e. The lowest BCUT2D eigenvalue weighted by atomic mass is 10.3. The molecule has 0 aliphatic carbocycles. The van der Waals surface area contributed by atoms with Crippen molar-refractivity contribution >= 4 is 38.0 Å². The van der Waals surface area contributed by atoms with Crippen molar-refractivity contribution in [2.24, 2.45) is 5.73 Å². The van der Waals surface area contributed by atoms with Crippen molar-refractivity contribution < 1.29 is 4.79 Å². The van der Waals surface area contributed by atoms with E-state index in [0.717, 1.165) is 8.62 Å². The van der Waals surface area contributed by atoms with Crippen LogP contribution in [0.5, 0.6) is 0 Å². The van der Waals surface area contributed by atoms with Crippen LogP contribution >= 0.6 is 27.3 Å². The van der Waals surface area contributed by atoms with Crippen LogP contribution in [0.4, 0.5) is 0 Å². The number of halogens is 1. The molecule has 0 atom stereocenters. The summed E-state index contributed by atoms with van der Waals surface area (Å²) in [4.78, 5) is 11.6. The van der Waals surface area contributed by atoms with E-state index in [1.54, 1.807) is 10.7 Å². The van der Waals surface area contributed by atoms with Crippen molar-refractivity contribution in [2.45, 2.75) is 0 Å². The minimum atomic E-state index is -0.445. The molecule has 62 valence electrons. The van der Waals surface area contributed by atoms with E-state index in [1.165, 1.54) is 17.5 Å². The summed E-state index contributed by atoms with van der Waals surface area (Å²) in [6, 6.07) is 0. The zero-order valence-corrected chi connectivity index (χ0v) is 8.22. The summed E-state index contributed by atoms with van der Waals surface area (Å²) < 4.78 is 2.54. The Labute approximate surface area is 80.1 Å². The molecule has 0 radical (unpaired) electrons. The number of thiazole rings is 1. The monoisotopic (exact) mass is 245 g/mol. The average Bonchev–Trinajstić information content (AvgIpc) is 2.43. The fraction of sp³-hybridized carbons (Fsp3) is 0. The first-order valence-corrected chi connectivity index (χ1v) is 4.72. The molecule has 0 aliphatic heterocycles. The fourth-order valence-corrected chi connectivity index (χ4v) is 2.38. The highest BCUT2D eigenvalue weighted by atomic mass is 79.9. The molecule has 2 aromatic rings. The molecule has 1 amide bonds. The van der Waals surface area contributed by atoms with E-state index in [9.17, 15) is 4.79 Å². The van der Waals surface area contributed by atoms with Gasteiger partial charge >= 0.3 is 0 Å². The van der Waals surface area contributed by atoms with Crippen molar-refractivity contribution in [3.8, 4) is 0 Å². The maximum atomic E-state index is 10.8. The highest BCUT2D eigenvalue weighted by molar-refractivity contribution is 9.11.